The normalized spacial score (nSPS) is 21.5. The first-order chi connectivity index (χ1) is 8.86. The van der Waals surface area contributed by atoms with E-state index in [1.54, 1.807) is 6.33 Å². The van der Waals surface area contributed by atoms with Crippen LogP contribution in [0.3, 0.4) is 0 Å². The van der Waals surface area contributed by atoms with Crippen molar-refractivity contribution in [2.45, 2.75) is 31.3 Å². The van der Waals surface area contributed by atoms with Crippen LogP contribution in [0, 0.1) is 0 Å². The number of nitrogens with one attached hydrogen (secondary N) is 3. The molecule has 1 aromatic heterocycles. The van der Waals surface area contributed by atoms with Gasteiger partial charge in [0.05, 0.1) is 17.4 Å². The summed E-state index contributed by atoms with van der Waals surface area (Å²) in [6.07, 6.45) is 5.50. The van der Waals surface area contributed by atoms with Crippen LogP contribution in [0.2, 0.25) is 0 Å². The maximum absolute atomic E-state index is 4.26. The van der Waals surface area contributed by atoms with Gasteiger partial charge in [0, 0.05) is 12.1 Å². The quantitative estimate of drug-likeness (QED) is 0.770. The fourth-order valence-corrected chi connectivity index (χ4v) is 2.83. The maximum Gasteiger partial charge on any atom is 0.0931 e. The minimum absolute atomic E-state index is 0.410. The van der Waals surface area contributed by atoms with Crippen LogP contribution < -0.4 is 10.6 Å². The zero-order valence-electron chi connectivity index (χ0n) is 10.7. The smallest absolute Gasteiger partial charge is 0.0931 e. The van der Waals surface area contributed by atoms with E-state index in [0.29, 0.717) is 12.1 Å². The van der Waals surface area contributed by atoms with E-state index in [9.17, 15) is 0 Å². The number of fused-ring (bicyclic) bond motifs is 1. The van der Waals surface area contributed by atoms with Crippen LogP contribution in [0.1, 0.15) is 30.9 Å². The van der Waals surface area contributed by atoms with Gasteiger partial charge < -0.3 is 15.6 Å². The van der Waals surface area contributed by atoms with Gasteiger partial charge in [-0.3, -0.25) is 0 Å². The average Bonchev–Trinajstić information content (AvgIpc) is 3.06. The molecule has 1 aliphatic heterocycles. The van der Waals surface area contributed by atoms with Gasteiger partial charge in [0.15, 0.2) is 0 Å². The van der Waals surface area contributed by atoms with Crippen LogP contribution in [0.5, 0.6) is 0 Å². The van der Waals surface area contributed by atoms with Crippen LogP contribution in [0.4, 0.5) is 0 Å². The fraction of sp³-hybridized carbons (Fsp3) is 0.500. The van der Waals surface area contributed by atoms with E-state index in [2.05, 4.69) is 38.8 Å². The van der Waals surface area contributed by atoms with E-state index < -0.39 is 0 Å². The Hall–Kier alpha value is -1.39. The number of hydrogen-bond donors (Lipinski definition) is 3. The first-order valence-corrected chi connectivity index (χ1v) is 6.70. The lowest BCUT2D eigenvalue weighted by atomic mass is 9.98. The van der Waals surface area contributed by atoms with Crippen LogP contribution in [0.25, 0.3) is 11.0 Å². The molecule has 2 heterocycles. The molecular weight excluding hydrogens is 224 g/mol. The number of benzene rings is 1. The van der Waals surface area contributed by atoms with Crippen molar-refractivity contribution < 1.29 is 0 Å². The topological polar surface area (TPSA) is 52.7 Å². The summed E-state index contributed by atoms with van der Waals surface area (Å²) >= 11 is 0. The summed E-state index contributed by atoms with van der Waals surface area (Å²) in [6, 6.07) is 7.54. The third-order valence-electron chi connectivity index (χ3n) is 3.88. The van der Waals surface area contributed by atoms with Crippen molar-refractivity contribution in [1.29, 1.82) is 0 Å². The molecule has 4 nitrogen and oxygen atoms in total. The van der Waals surface area contributed by atoms with Gasteiger partial charge in [0.1, 0.15) is 0 Å². The highest BCUT2D eigenvalue weighted by atomic mass is 15.0. The van der Waals surface area contributed by atoms with Gasteiger partial charge in [-0.2, -0.15) is 0 Å². The molecule has 96 valence electrons. The number of nitrogens with zero attached hydrogens (tertiary/aromatic N) is 1. The molecule has 2 atom stereocenters. The second-order valence-electron chi connectivity index (χ2n) is 5.05. The van der Waals surface area contributed by atoms with E-state index in [1.807, 2.05) is 7.05 Å². The fourth-order valence-electron chi connectivity index (χ4n) is 2.83. The van der Waals surface area contributed by atoms with Crippen molar-refractivity contribution in [2.24, 2.45) is 0 Å². The summed E-state index contributed by atoms with van der Waals surface area (Å²) in [5.74, 6) is 0. The second kappa shape index (κ2) is 5.08. The van der Waals surface area contributed by atoms with Gasteiger partial charge in [-0.1, -0.05) is 6.07 Å². The molecule has 0 spiro atoms. The van der Waals surface area contributed by atoms with Gasteiger partial charge in [0.25, 0.3) is 0 Å². The molecule has 2 unspecified atom stereocenters. The van der Waals surface area contributed by atoms with E-state index in [-0.39, 0.29) is 0 Å². The summed E-state index contributed by atoms with van der Waals surface area (Å²) < 4.78 is 0. The highest BCUT2D eigenvalue weighted by Gasteiger charge is 2.19. The summed E-state index contributed by atoms with van der Waals surface area (Å²) in [4.78, 5) is 7.44. The van der Waals surface area contributed by atoms with Crippen molar-refractivity contribution >= 4 is 11.0 Å². The molecule has 0 radical (unpaired) electrons. The van der Waals surface area contributed by atoms with Crippen molar-refractivity contribution in [3.63, 3.8) is 0 Å². The molecule has 3 N–H and O–H groups in total. The summed E-state index contributed by atoms with van der Waals surface area (Å²) in [5, 5.41) is 6.99. The van der Waals surface area contributed by atoms with Crippen molar-refractivity contribution in [2.75, 3.05) is 13.6 Å². The molecule has 1 fully saturated rings. The predicted molar refractivity (Wildman–Crippen MR) is 73.5 cm³/mol. The van der Waals surface area contributed by atoms with E-state index in [0.717, 1.165) is 17.5 Å². The Morgan fingerprint density at radius 3 is 3.22 bits per heavy atom. The second-order valence-corrected chi connectivity index (χ2v) is 5.05. The number of aromatic nitrogens is 2. The van der Waals surface area contributed by atoms with Crippen LogP contribution in [-0.4, -0.2) is 29.6 Å². The van der Waals surface area contributed by atoms with E-state index >= 15 is 0 Å². The summed E-state index contributed by atoms with van der Waals surface area (Å²) in [7, 11) is 2.04. The Labute approximate surface area is 107 Å². The molecule has 3 rings (SSSR count). The lowest BCUT2D eigenvalue weighted by molar-refractivity contribution is 0.454. The zero-order valence-corrected chi connectivity index (χ0v) is 10.7. The predicted octanol–water partition coefficient (Wildman–Crippen LogP) is 1.97. The molecule has 1 aliphatic rings. The highest BCUT2D eigenvalue weighted by Crippen LogP contribution is 2.24. The standard InChI is InChI=1S/C14H20N4/c1-15-13(8-11-3-2-6-16-11)10-4-5-12-14(7-10)18-9-17-12/h4-5,7,9,11,13,15-16H,2-3,6,8H2,1H3,(H,17,18). The molecule has 1 saturated heterocycles. The molecule has 0 saturated carbocycles. The largest absolute Gasteiger partial charge is 0.345 e. The van der Waals surface area contributed by atoms with E-state index in [4.69, 9.17) is 0 Å². The van der Waals surface area contributed by atoms with Gasteiger partial charge >= 0.3 is 0 Å². The SMILES string of the molecule is CNC(CC1CCCN1)c1ccc2nc[nH]c2c1. The number of hydrogen-bond acceptors (Lipinski definition) is 3. The van der Waals surface area contributed by atoms with Gasteiger partial charge in [-0.25, -0.2) is 4.98 Å². The Balaban J connectivity index is 1.80. The Morgan fingerprint density at radius 1 is 1.50 bits per heavy atom. The molecule has 0 bridgehead atoms. The lowest BCUT2D eigenvalue weighted by Crippen LogP contribution is -2.28. The highest BCUT2D eigenvalue weighted by molar-refractivity contribution is 5.75. The molecule has 18 heavy (non-hydrogen) atoms. The molecule has 2 aromatic rings. The van der Waals surface area contributed by atoms with Crippen molar-refractivity contribution in [1.82, 2.24) is 20.6 Å². The first kappa shape index (κ1) is 11.7. The number of H-pyrrole nitrogens is 1. The number of aromatic amines is 1. The molecule has 1 aromatic carbocycles. The molecular formula is C14H20N4. The monoisotopic (exact) mass is 244 g/mol. The van der Waals surface area contributed by atoms with Gasteiger partial charge in [-0.05, 0) is 50.6 Å². The Bertz CT molecular complexity index is 513. The Morgan fingerprint density at radius 2 is 2.44 bits per heavy atom. The minimum Gasteiger partial charge on any atom is -0.345 e. The summed E-state index contributed by atoms with van der Waals surface area (Å²) in [6.45, 7) is 1.17. The lowest BCUT2D eigenvalue weighted by Gasteiger charge is -2.20. The van der Waals surface area contributed by atoms with Crippen LogP contribution in [0.15, 0.2) is 24.5 Å². The van der Waals surface area contributed by atoms with Crippen LogP contribution in [-0.2, 0) is 0 Å². The van der Waals surface area contributed by atoms with Crippen molar-refractivity contribution in [3.8, 4) is 0 Å². The third kappa shape index (κ3) is 2.26. The molecule has 0 amide bonds. The summed E-state index contributed by atoms with van der Waals surface area (Å²) in [5.41, 5.74) is 3.49. The van der Waals surface area contributed by atoms with Crippen LogP contribution >= 0.6 is 0 Å². The third-order valence-corrected chi connectivity index (χ3v) is 3.88. The average molecular weight is 244 g/mol. The number of imidazole rings is 1. The maximum atomic E-state index is 4.26. The number of rotatable bonds is 4. The van der Waals surface area contributed by atoms with E-state index in [1.165, 1.54) is 24.9 Å². The van der Waals surface area contributed by atoms with Crippen molar-refractivity contribution in [3.05, 3.63) is 30.1 Å². The molecule has 4 heteroatoms. The Kier molecular flexibility index (Phi) is 3.30. The zero-order chi connectivity index (χ0) is 12.4. The van der Waals surface area contributed by atoms with Gasteiger partial charge in [0.2, 0.25) is 0 Å². The molecule has 0 aliphatic carbocycles. The van der Waals surface area contributed by atoms with Gasteiger partial charge in [-0.15, -0.1) is 0 Å². The first-order valence-electron chi connectivity index (χ1n) is 6.70. The minimum atomic E-state index is 0.410.